The van der Waals surface area contributed by atoms with E-state index in [0.29, 0.717) is 6.42 Å². The van der Waals surface area contributed by atoms with E-state index < -0.39 is 0 Å². The van der Waals surface area contributed by atoms with Crippen molar-refractivity contribution in [2.45, 2.75) is 18.9 Å². The van der Waals surface area contributed by atoms with E-state index in [0.717, 1.165) is 35.1 Å². The molecule has 2 heterocycles. The number of benzene rings is 1. The zero-order valence-corrected chi connectivity index (χ0v) is 11.5. The second kappa shape index (κ2) is 4.87. The summed E-state index contributed by atoms with van der Waals surface area (Å²) in [7, 11) is 1.95. The van der Waals surface area contributed by atoms with Gasteiger partial charge in [0.2, 0.25) is 0 Å². The fraction of sp³-hybridized carbons (Fsp3) is 0.357. The summed E-state index contributed by atoms with van der Waals surface area (Å²) < 4.78 is 7.64. The summed E-state index contributed by atoms with van der Waals surface area (Å²) in [5.74, 6) is 0.960. The number of nitrogens with zero attached hydrogens (tertiary/aromatic N) is 2. The molecule has 1 aromatic carbocycles. The summed E-state index contributed by atoms with van der Waals surface area (Å²) in [4.78, 5) is 4.10. The highest BCUT2D eigenvalue weighted by Gasteiger charge is 2.20. The predicted molar refractivity (Wildman–Crippen MR) is 74.5 cm³/mol. The maximum atomic E-state index is 6.26. The Bertz CT molecular complexity index is 609. The van der Waals surface area contributed by atoms with Crippen molar-refractivity contribution in [1.82, 2.24) is 9.55 Å². The number of halogens is 1. The maximum absolute atomic E-state index is 6.26. The molecule has 2 N–H and O–H groups in total. The zero-order chi connectivity index (χ0) is 13.4. The van der Waals surface area contributed by atoms with Gasteiger partial charge in [0, 0.05) is 24.7 Å². The van der Waals surface area contributed by atoms with Crippen LogP contribution in [0.25, 0.3) is 0 Å². The molecule has 3 rings (SSSR count). The van der Waals surface area contributed by atoms with Gasteiger partial charge < -0.3 is 15.0 Å². The van der Waals surface area contributed by atoms with E-state index in [9.17, 15) is 0 Å². The van der Waals surface area contributed by atoms with Crippen molar-refractivity contribution >= 4 is 11.6 Å². The van der Waals surface area contributed by atoms with E-state index in [2.05, 4.69) is 4.98 Å². The standard InChI is InChI=1S/C14H16ClN3O/c1-18-8-17-7-13(18)12(16)6-10-5-11(15)4-9-2-3-19-14(9)10/h4-5,7-8,12H,2-3,6,16H2,1H3. The average Bonchev–Trinajstić information content (AvgIpc) is 2.97. The molecule has 1 unspecified atom stereocenters. The van der Waals surface area contributed by atoms with Crippen LogP contribution in [0.5, 0.6) is 5.75 Å². The summed E-state index contributed by atoms with van der Waals surface area (Å²) in [6.45, 7) is 0.726. The first-order chi connectivity index (χ1) is 9.15. The summed E-state index contributed by atoms with van der Waals surface area (Å²) in [5, 5.41) is 0.747. The molecule has 2 aromatic rings. The SMILES string of the molecule is Cn1cncc1C(N)Cc1cc(Cl)cc2c1OCC2. The van der Waals surface area contributed by atoms with Crippen molar-refractivity contribution < 1.29 is 4.74 Å². The minimum atomic E-state index is -0.112. The third-order valence-electron chi connectivity index (χ3n) is 3.50. The van der Waals surface area contributed by atoms with Gasteiger partial charge in [-0.25, -0.2) is 4.98 Å². The highest BCUT2D eigenvalue weighted by Crippen LogP contribution is 2.34. The summed E-state index contributed by atoms with van der Waals surface area (Å²) in [5.41, 5.74) is 9.52. The molecule has 4 nitrogen and oxygen atoms in total. The largest absolute Gasteiger partial charge is 0.493 e. The molecule has 0 bridgehead atoms. The molecule has 0 amide bonds. The fourth-order valence-electron chi connectivity index (χ4n) is 2.56. The van der Waals surface area contributed by atoms with Crippen LogP contribution in [0, 0.1) is 0 Å². The van der Waals surface area contributed by atoms with Crippen LogP contribution in [-0.2, 0) is 19.9 Å². The highest BCUT2D eigenvalue weighted by atomic mass is 35.5. The van der Waals surface area contributed by atoms with E-state index in [1.807, 2.05) is 23.7 Å². The van der Waals surface area contributed by atoms with Crippen molar-refractivity contribution in [3.8, 4) is 5.75 Å². The first kappa shape index (κ1) is 12.5. The molecular weight excluding hydrogens is 262 g/mol. The van der Waals surface area contributed by atoms with Crippen LogP contribution < -0.4 is 10.5 Å². The Morgan fingerprint density at radius 3 is 3.11 bits per heavy atom. The Kier molecular flexibility index (Phi) is 3.21. The molecule has 0 saturated heterocycles. The lowest BCUT2D eigenvalue weighted by Gasteiger charge is -2.15. The number of hydrogen-bond acceptors (Lipinski definition) is 3. The third-order valence-corrected chi connectivity index (χ3v) is 3.72. The number of aryl methyl sites for hydroxylation is 1. The van der Waals surface area contributed by atoms with Gasteiger partial charge in [-0.3, -0.25) is 0 Å². The number of rotatable bonds is 3. The molecule has 100 valence electrons. The molecule has 1 aliphatic rings. The lowest BCUT2D eigenvalue weighted by atomic mass is 10.0. The predicted octanol–water partition coefficient (Wildman–Crippen LogP) is 2.25. The normalized spacial score (nSPS) is 15.1. The quantitative estimate of drug-likeness (QED) is 0.936. The second-order valence-electron chi connectivity index (χ2n) is 4.89. The van der Waals surface area contributed by atoms with Gasteiger partial charge in [-0.15, -0.1) is 0 Å². The molecule has 5 heteroatoms. The van der Waals surface area contributed by atoms with Crippen molar-refractivity contribution in [2.24, 2.45) is 12.8 Å². The molecule has 1 aromatic heterocycles. The lowest BCUT2D eigenvalue weighted by Crippen LogP contribution is -2.16. The molecule has 0 radical (unpaired) electrons. The Morgan fingerprint density at radius 2 is 2.37 bits per heavy atom. The van der Waals surface area contributed by atoms with Gasteiger partial charge in [0.05, 0.1) is 24.7 Å². The molecule has 1 atom stereocenters. The Labute approximate surface area is 117 Å². The Morgan fingerprint density at radius 1 is 1.53 bits per heavy atom. The van der Waals surface area contributed by atoms with Crippen LogP contribution in [0.15, 0.2) is 24.7 Å². The van der Waals surface area contributed by atoms with Crippen molar-refractivity contribution in [3.05, 3.63) is 46.5 Å². The monoisotopic (exact) mass is 277 g/mol. The summed E-state index contributed by atoms with van der Waals surface area (Å²) >= 11 is 6.15. The topological polar surface area (TPSA) is 53.1 Å². The van der Waals surface area contributed by atoms with Gasteiger partial charge >= 0.3 is 0 Å². The summed E-state index contributed by atoms with van der Waals surface area (Å²) in [6, 6.07) is 3.81. The molecule has 0 fully saturated rings. The lowest BCUT2D eigenvalue weighted by molar-refractivity contribution is 0.352. The highest BCUT2D eigenvalue weighted by molar-refractivity contribution is 6.30. The van der Waals surface area contributed by atoms with Crippen LogP contribution in [-0.4, -0.2) is 16.2 Å². The molecule has 1 aliphatic heterocycles. The number of imidazole rings is 1. The zero-order valence-electron chi connectivity index (χ0n) is 10.8. The number of nitrogens with two attached hydrogens (primary N) is 1. The Hall–Kier alpha value is -1.52. The molecular formula is C14H16ClN3O. The van der Waals surface area contributed by atoms with Gasteiger partial charge in [-0.2, -0.15) is 0 Å². The van der Waals surface area contributed by atoms with Gasteiger partial charge in [-0.1, -0.05) is 11.6 Å². The van der Waals surface area contributed by atoms with E-state index in [1.54, 1.807) is 12.5 Å². The van der Waals surface area contributed by atoms with Crippen LogP contribution in [0.3, 0.4) is 0 Å². The van der Waals surface area contributed by atoms with E-state index in [-0.39, 0.29) is 6.04 Å². The van der Waals surface area contributed by atoms with E-state index in [1.165, 1.54) is 5.56 Å². The number of ether oxygens (including phenoxy) is 1. The van der Waals surface area contributed by atoms with Gasteiger partial charge in [0.25, 0.3) is 0 Å². The molecule has 0 aliphatic carbocycles. The number of aromatic nitrogens is 2. The van der Waals surface area contributed by atoms with E-state index in [4.69, 9.17) is 22.1 Å². The van der Waals surface area contributed by atoms with Crippen LogP contribution in [0.4, 0.5) is 0 Å². The summed E-state index contributed by atoms with van der Waals surface area (Å²) in [6.07, 6.45) is 5.18. The second-order valence-corrected chi connectivity index (χ2v) is 5.33. The minimum absolute atomic E-state index is 0.112. The average molecular weight is 278 g/mol. The van der Waals surface area contributed by atoms with Crippen molar-refractivity contribution in [1.29, 1.82) is 0 Å². The number of hydrogen-bond donors (Lipinski definition) is 1. The third kappa shape index (κ3) is 2.33. The van der Waals surface area contributed by atoms with Gasteiger partial charge in [0.15, 0.2) is 0 Å². The number of fused-ring (bicyclic) bond motifs is 1. The van der Waals surface area contributed by atoms with E-state index >= 15 is 0 Å². The fourth-order valence-corrected chi connectivity index (χ4v) is 2.83. The van der Waals surface area contributed by atoms with Gasteiger partial charge in [-0.05, 0) is 29.7 Å². The molecule has 0 spiro atoms. The van der Waals surface area contributed by atoms with Crippen molar-refractivity contribution in [2.75, 3.05) is 6.61 Å². The van der Waals surface area contributed by atoms with Gasteiger partial charge in [0.1, 0.15) is 5.75 Å². The smallest absolute Gasteiger partial charge is 0.125 e. The molecule has 19 heavy (non-hydrogen) atoms. The van der Waals surface area contributed by atoms with Crippen LogP contribution >= 0.6 is 11.6 Å². The maximum Gasteiger partial charge on any atom is 0.125 e. The first-order valence-electron chi connectivity index (χ1n) is 6.31. The van der Waals surface area contributed by atoms with Crippen LogP contribution in [0.2, 0.25) is 5.02 Å². The Balaban J connectivity index is 1.90. The molecule has 0 saturated carbocycles. The van der Waals surface area contributed by atoms with Crippen molar-refractivity contribution in [3.63, 3.8) is 0 Å². The minimum Gasteiger partial charge on any atom is -0.493 e. The first-order valence-corrected chi connectivity index (χ1v) is 6.69. The van der Waals surface area contributed by atoms with Crippen LogP contribution in [0.1, 0.15) is 22.9 Å².